The van der Waals surface area contributed by atoms with Crippen LogP contribution in [0.4, 0.5) is 0 Å². The van der Waals surface area contributed by atoms with Crippen LogP contribution in [0.5, 0.6) is 0 Å². The Bertz CT molecular complexity index is 1980. The third-order valence-electron chi connectivity index (χ3n) is 6.93. The molecule has 7 aromatic rings. The monoisotopic (exact) mass is 519 g/mol. The Labute approximate surface area is 231 Å². The Morgan fingerprint density at radius 3 is 1.77 bits per heavy atom. The summed E-state index contributed by atoms with van der Waals surface area (Å²) in [5.41, 5.74) is 4.94. The molecule has 0 spiro atoms. The van der Waals surface area contributed by atoms with Crippen molar-refractivity contribution < 1.29 is 0 Å². The molecule has 1 aromatic heterocycles. The van der Waals surface area contributed by atoms with Crippen LogP contribution in [0.15, 0.2) is 133 Å². The largest absolute Gasteiger partial charge is 0.208 e. The minimum Gasteiger partial charge on any atom is -0.208 e. The van der Waals surface area contributed by atoms with Crippen molar-refractivity contribution in [3.63, 3.8) is 0 Å². The minimum absolute atomic E-state index is 0.625. The molecule has 4 heteroatoms. The van der Waals surface area contributed by atoms with E-state index >= 15 is 0 Å². The van der Waals surface area contributed by atoms with Crippen molar-refractivity contribution in [2.45, 2.75) is 0 Å². The van der Waals surface area contributed by atoms with E-state index in [2.05, 4.69) is 60.7 Å². The van der Waals surface area contributed by atoms with Gasteiger partial charge >= 0.3 is 0 Å². The molecule has 0 atom stereocenters. The lowest BCUT2D eigenvalue weighted by Gasteiger charge is -2.11. The average Bonchev–Trinajstić information content (AvgIpc) is 3.00. The SMILES string of the molecule is Clc1cc(-c2cccc(-c3nc(-c4ccccc4)nc(-c4ccc5ccccc5c4)n3)c2)c2ccccc2c1. The highest BCUT2D eigenvalue weighted by Crippen LogP contribution is 2.34. The maximum atomic E-state index is 6.52. The Morgan fingerprint density at radius 2 is 0.974 bits per heavy atom. The highest BCUT2D eigenvalue weighted by atomic mass is 35.5. The molecule has 7 rings (SSSR count). The number of fused-ring (bicyclic) bond motifs is 2. The summed E-state index contributed by atoms with van der Waals surface area (Å²) < 4.78 is 0. The van der Waals surface area contributed by atoms with Crippen LogP contribution < -0.4 is 0 Å². The quantitative estimate of drug-likeness (QED) is 0.232. The van der Waals surface area contributed by atoms with Gasteiger partial charge in [-0.25, -0.2) is 15.0 Å². The first-order valence-corrected chi connectivity index (χ1v) is 13.2. The summed E-state index contributed by atoms with van der Waals surface area (Å²) in [5, 5.41) is 5.29. The van der Waals surface area contributed by atoms with E-state index in [1.807, 2.05) is 72.8 Å². The highest BCUT2D eigenvalue weighted by Gasteiger charge is 2.14. The molecule has 184 valence electrons. The van der Waals surface area contributed by atoms with Gasteiger partial charge in [-0.05, 0) is 56.9 Å². The van der Waals surface area contributed by atoms with Crippen molar-refractivity contribution in [2.75, 3.05) is 0 Å². The van der Waals surface area contributed by atoms with E-state index in [0.717, 1.165) is 44.0 Å². The molecular weight excluding hydrogens is 498 g/mol. The summed E-state index contributed by atoms with van der Waals surface area (Å²) in [7, 11) is 0. The van der Waals surface area contributed by atoms with Crippen LogP contribution in [0.25, 0.3) is 66.8 Å². The van der Waals surface area contributed by atoms with Gasteiger partial charge in [-0.2, -0.15) is 0 Å². The second kappa shape index (κ2) is 9.79. The van der Waals surface area contributed by atoms with Crippen LogP contribution in [0, 0.1) is 0 Å². The Kier molecular flexibility index (Phi) is 5.84. The molecule has 6 aromatic carbocycles. The summed E-state index contributed by atoms with van der Waals surface area (Å²) in [5.74, 6) is 1.91. The van der Waals surface area contributed by atoms with Gasteiger partial charge in [0, 0.05) is 21.7 Å². The molecule has 0 aliphatic heterocycles. The van der Waals surface area contributed by atoms with E-state index in [0.29, 0.717) is 22.5 Å². The molecule has 0 N–H and O–H groups in total. The van der Waals surface area contributed by atoms with Crippen molar-refractivity contribution in [1.82, 2.24) is 15.0 Å². The second-order valence-corrected chi connectivity index (χ2v) is 9.93. The molecule has 0 saturated carbocycles. The lowest BCUT2D eigenvalue weighted by Crippen LogP contribution is -2.00. The summed E-state index contributed by atoms with van der Waals surface area (Å²) in [4.78, 5) is 14.8. The minimum atomic E-state index is 0.625. The van der Waals surface area contributed by atoms with Gasteiger partial charge in [0.1, 0.15) is 0 Å². The van der Waals surface area contributed by atoms with Gasteiger partial charge in [0.25, 0.3) is 0 Å². The molecule has 0 unspecified atom stereocenters. The molecule has 0 bridgehead atoms. The fourth-order valence-electron chi connectivity index (χ4n) is 5.02. The average molecular weight is 520 g/mol. The second-order valence-electron chi connectivity index (χ2n) is 9.49. The van der Waals surface area contributed by atoms with E-state index < -0.39 is 0 Å². The van der Waals surface area contributed by atoms with Crippen LogP contribution in [-0.4, -0.2) is 15.0 Å². The zero-order chi connectivity index (χ0) is 26.2. The molecule has 3 nitrogen and oxygen atoms in total. The summed E-state index contributed by atoms with van der Waals surface area (Å²) >= 11 is 6.52. The topological polar surface area (TPSA) is 38.7 Å². The predicted molar refractivity (Wildman–Crippen MR) is 162 cm³/mol. The molecule has 1 heterocycles. The van der Waals surface area contributed by atoms with Crippen molar-refractivity contribution in [2.24, 2.45) is 0 Å². The summed E-state index contributed by atoms with van der Waals surface area (Å²) in [6.45, 7) is 0. The highest BCUT2D eigenvalue weighted by molar-refractivity contribution is 6.32. The lowest BCUT2D eigenvalue weighted by atomic mass is 9.97. The third-order valence-corrected chi connectivity index (χ3v) is 7.15. The van der Waals surface area contributed by atoms with E-state index in [1.54, 1.807) is 0 Å². The van der Waals surface area contributed by atoms with Crippen LogP contribution >= 0.6 is 11.6 Å². The van der Waals surface area contributed by atoms with Gasteiger partial charge in [-0.15, -0.1) is 0 Å². The summed E-state index contributed by atoms with van der Waals surface area (Å²) in [6, 6.07) is 45.3. The predicted octanol–water partition coefficient (Wildman–Crippen LogP) is 9.50. The van der Waals surface area contributed by atoms with E-state index in [1.165, 1.54) is 5.39 Å². The fraction of sp³-hybridized carbons (Fsp3) is 0. The first kappa shape index (κ1) is 23.3. The lowest BCUT2D eigenvalue weighted by molar-refractivity contribution is 1.07. The molecule has 0 radical (unpaired) electrons. The molecule has 0 aliphatic rings. The zero-order valence-electron chi connectivity index (χ0n) is 20.9. The normalized spacial score (nSPS) is 11.2. The first-order valence-electron chi connectivity index (χ1n) is 12.8. The van der Waals surface area contributed by atoms with Crippen LogP contribution in [-0.2, 0) is 0 Å². The van der Waals surface area contributed by atoms with Gasteiger partial charge in [0.15, 0.2) is 17.5 Å². The number of benzene rings is 6. The zero-order valence-corrected chi connectivity index (χ0v) is 21.7. The van der Waals surface area contributed by atoms with Crippen molar-refractivity contribution >= 4 is 33.1 Å². The van der Waals surface area contributed by atoms with Gasteiger partial charge in [0.05, 0.1) is 0 Å². The van der Waals surface area contributed by atoms with E-state index in [4.69, 9.17) is 26.6 Å². The van der Waals surface area contributed by atoms with E-state index in [9.17, 15) is 0 Å². The number of nitrogens with zero attached hydrogens (tertiary/aromatic N) is 3. The molecular formula is C35H22ClN3. The van der Waals surface area contributed by atoms with Crippen molar-refractivity contribution in [3.05, 3.63) is 138 Å². The molecule has 0 aliphatic carbocycles. The standard InChI is InChI=1S/C35H22ClN3/c36-30-21-27-13-6-7-16-31(27)32(22-30)26-14-8-15-28(20-26)34-37-33(24-10-2-1-3-11-24)38-35(39-34)29-18-17-23-9-4-5-12-25(23)19-29/h1-22H. The molecule has 0 fully saturated rings. The smallest absolute Gasteiger partial charge is 0.164 e. The molecule has 0 saturated heterocycles. The molecule has 39 heavy (non-hydrogen) atoms. The number of aromatic nitrogens is 3. The van der Waals surface area contributed by atoms with Gasteiger partial charge in [-0.3, -0.25) is 0 Å². The Balaban J connectivity index is 1.41. The van der Waals surface area contributed by atoms with Crippen LogP contribution in [0.1, 0.15) is 0 Å². The Hall–Kier alpha value is -4.86. The van der Waals surface area contributed by atoms with Crippen LogP contribution in [0.3, 0.4) is 0 Å². The number of hydrogen-bond donors (Lipinski definition) is 0. The third kappa shape index (κ3) is 4.54. The first-order chi connectivity index (χ1) is 19.2. The van der Waals surface area contributed by atoms with Gasteiger partial charge in [-0.1, -0.05) is 121 Å². The van der Waals surface area contributed by atoms with E-state index in [-0.39, 0.29) is 0 Å². The number of rotatable bonds is 4. The van der Waals surface area contributed by atoms with Gasteiger partial charge < -0.3 is 0 Å². The molecule has 0 amide bonds. The maximum absolute atomic E-state index is 6.52. The van der Waals surface area contributed by atoms with Crippen molar-refractivity contribution in [1.29, 1.82) is 0 Å². The number of hydrogen-bond acceptors (Lipinski definition) is 3. The van der Waals surface area contributed by atoms with Crippen molar-refractivity contribution in [3.8, 4) is 45.3 Å². The van der Waals surface area contributed by atoms with Gasteiger partial charge in [0.2, 0.25) is 0 Å². The summed E-state index contributed by atoms with van der Waals surface area (Å²) in [6.07, 6.45) is 0. The van der Waals surface area contributed by atoms with Crippen LogP contribution in [0.2, 0.25) is 5.02 Å². The Morgan fingerprint density at radius 1 is 0.385 bits per heavy atom. The maximum Gasteiger partial charge on any atom is 0.164 e. The number of halogens is 1. The fourth-order valence-corrected chi connectivity index (χ4v) is 5.24.